The van der Waals surface area contributed by atoms with Crippen LogP contribution in [0.15, 0.2) is 12.1 Å². The molecule has 1 aromatic heterocycles. The van der Waals surface area contributed by atoms with Gasteiger partial charge in [0.05, 0.1) is 23.1 Å². The third-order valence-electron chi connectivity index (χ3n) is 5.35. The fourth-order valence-corrected chi connectivity index (χ4v) is 3.86. The molecule has 0 radical (unpaired) electrons. The van der Waals surface area contributed by atoms with Gasteiger partial charge < -0.3 is 20.5 Å². The number of fused-ring (bicyclic) bond motifs is 1. The number of piperidine rings is 1. The molecule has 1 aromatic carbocycles. The Bertz CT molecular complexity index is 943. The van der Waals surface area contributed by atoms with Crippen molar-refractivity contribution in [1.82, 2.24) is 25.0 Å². The number of anilines is 1. The molecule has 1 amide bonds. The summed E-state index contributed by atoms with van der Waals surface area (Å²) < 4.78 is 15.9. The summed E-state index contributed by atoms with van der Waals surface area (Å²) in [5.41, 5.74) is 4.68. The van der Waals surface area contributed by atoms with E-state index in [9.17, 15) is 19.3 Å². The number of amides is 1. The molecule has 0 bridgehead atoms. The standard InChI is InChI=1S/C17H20FN7O3.ClH/c18-11-7-12(15(19)13(8-11)25(27)28)17(26)23-4-1-10(2-5-23)16-22-21-14-9-20-3-6-24(14)16;/h7-8,10,20H,1-6,9,19H2;1H. The topological polar surface area (TPSA) is 132 Å². The summed E-state index contributed by atoms with van der Waals surface area (Å²) >= 11 is 0. The number of aromatic nitrogens is 3. The number of rotatable bonds is 3. The second-order valence-corrected chi connectivity index (χ2v) is 7.01. The van der Waals surface area contributed by atoms with E-state index in [2.05, 4.69) is 20.1 Å². The quantitative estimate of drug-likeness (QED) is 0.432. The van der Waals surface area contributed by atoms with Crippen LogP contribution in [0.2, 0.25) is 0 Å². The van der Waals surface area contributed by atoms with E-state index in [4.69, 9.17) is 5.73 Å². The summed E-state index contributed by atoms with van der Waals surface area (Å²) in [5, 5.41) is 22.8. The van der Waals surface area contributed by atoms with Crippen molar-refractivity contribution in [3.63, 3.8) is 0 Å². The van der Waals surface area contributed by atoms with Crippen molar-refractivity contribution in [3.8, 4) is 0 Å². The molecule has 0 atom stereocenters. The van der Waals surface area contributed by atoms with Gasteiger partial charge in [-0.05, 0) is 18.9 Å². The Morgan fingerprint density at radius 3 is 2.69 bits per heavy atom. The Morgan fingerprint density at radius 2 is 2.00 bits per heavy atom. The average molecular weight is 426 g/mol. The average Bonchev–Trinajstić information content (AvgIpc) is 3.13. The SMILES string of the molecule is Cl.Nc1c(C(=O)N2CCC(c3nnc4n3CCNC4)CC2)cc(F)cc1[N+](=O)[O-]. The highest BCUT2D eigenvalue weighted by Crippen LogP contribution is 2.31. The largest absolute Gasteiger partial charge is 0.393 e. The number of hydrogen-bond donors (Lipinski definition) is 2. The maximum atomic E-state index is 13.7. The van der Waals surface area contributed by atoms with Crippen LogP contribution in [-0.2, 0) is 13.1 Å². The normalized spacial score (nSPS) is 16.8. The second-order valence-electron chi connectivity index (χ2n) is 7.01. The number of halogens is 2. The van der Waals surface area contributed by atoms with Crippen molar-refractivity contribution in [2.45, 2.75) is 31.8 Å². The zero-order valence-corrected chi connectivity index (χ0v) is 16.3. The van der Waals surface area contributed by atoms with E-state index in [0.29, 0.717) is 32.5 Å². The molecule has 1 fully saturated rings. The van der Waals surface area contributed by atoms with Gasteiger partial charge in [0.25, 0.3) is 11.6 Å². The van der Waals surface area contributed by atoms with Gasteiger partial charge in [0, 0.05) is 32.1 Å². The van der Waals surface area contributed by atoms with Crippen LogP contribution in [-0.4, -0.2) is 50.1 Å². The molecule has 1 saturated heterocycles. The fourth-order valence-electron chi connectivity index (χ4n) is 3.86. The molecule has 10 nitrogen and oxygen atoms in total. The van der Waals surface area contributed by atoms with E-state index in [1.807, 2.05) is 0 Å². The molecule has 0 unspecified atom stereocenters. The first-order valence-corrected chi connectivity index (χ1v) is 9.11. The Hall–Kier alpha value is -2.79. The molecule has 4 rings (SSSR count). The zero-order chi connectivity index (χ0) is 19.8. The van der Waals surface area contributed by atoms with Gasteiger partial charge in [0.1, 0.15) is 23.2 Å². The Balaban J connectivity index is 0.00000240. The smallest absolute Gasteiger partial charge is 0.295 e. The van der Waals surface area contributed by atoms with Gasteiger partial charge in [-0.3, -0.25) is 14.9 Å². The monoisotopic (exact) mass is 425 g/mol. The molecule has 0 saturated carbocycles. The molecule has 29 heavy (non-hydrogen) atoms. The molecule has 3 heterocycles. The maximum Gasteiger partial charge on any atom is 0.295 e. The number of nitrogen functional groups attached to an aromatic ring is 1. The number of nitrogens with zero attached hydrogens (tertiary/aromatic N) is 5. The number of carbonyl (C=O) groups excluding carboxylic acids is 1. The van der Waals surface area contributed by atoms with E-state index in [1.54, 1.807) is 4.90 Å². The number of hydrogen-bond acceptors (Lipinski definition) is 7. The molecule has 156 valence electrons. The maximum absolute atomic E-state index is 13.7. The lowest BCUT2D eigenvalue weighted by molar-refractivity contribution is -0.384. The Morgan fingerprint density at radius 1 is 1.28 bits per heavy atom. The third kappa shape index (κ3) is 3.87. The van der Waals surface area contributed by atoms with Gasteiger partial charge in [0.15, 0.2) is 0 Å². The first-order chi connectivity index (χ1) is 13.5. The summed E-state index contributed by atoms with van der Waals surface area (Å²) in [7, 11) is 0. The van der Waals surface area contributed by atoms with E-state index in [-0.39, 0.29) is 29.6 Å². The molecular weight excluding hydrogens is 405 g/mol. The van der Waals surface area contributed by atoms with Gasteiger partial charge in [0.2, 0.25) is 0 Å². The number of nitro groups is 1. The highest BCUT2D eigenvalue weighted by Gasteiger charge is 2.31. The molecule has 12 heteroatoms. The van der Waals surface area contributed by atoms with Gasteiger partial charge in [-0.25, -0.2) is 4.39 Å². The Labute approximate surface area is 171 Å². The first kappa shape index (κ1) is 20.9. The lowest BCUT2D eigenvalue weighted by atomic mass is 9.95. The molecule has 2 aliphatic heterocycles. The Kier molecular flexibility index (Phi) is 5.99. The molecule has 3 N–H and O–H groups in total. The molecule has 2 aromatic rings. The van der Waals surface area contributed by atoms with Crippen LogP contribution in [0, 0.1) is 15.9 Å². The zero-order valence-electron chi connectivity index (χ0n) is 15.5. The molecular formula is C17H21ClFN7O3. The van der Waals surface area contributed by atoms with Crippen LogP contribution in [0.1, 0.15) is 40.8 Å². The predicted octanol–water partition coefficient (Wildman–Crippen LogP) is 1.45. The number of benzene rings is 1. The number of nitrogens with two attached hydrogens (primary N) is 1. The van der Waals surface area contributed by atoms with Gasteiger partial charge in [-0.2, -0.15) is 0 Å². The van der Waals surface area contributed by atoms with E-state index in [1.165, 1.54) is 0 Å². The summed E-state index contributed by atoms with van der Waals surface area (Å²) in [6.45, 7) is 3.26. The van der Waals surface area contributed by atoms with Crippen molar-refractivity contribution >= 4 is 29.7 Å². The first-order valence-electron chi connectivity index (χ1n) is 9.11. The van der Waals surface area contributed by atoms with E-state index in [0.717, 1.165) is 36.9 Å². The highest BCUT2D eigenvalue weighted by molar-refractivity contribution is 6.01. The van der Waals surface area contributed by atoms with Gasteiger partial charge in [-0.1, -0.05) is 0 Å². The summed E-state index contributed by atoms with van der Waals surface area (Å²) in [4.78, 5) is 24.6. The minimum Gasteiger partial charge on any atom is -0.393 e. The van der Waals surface area contributed by atoms with Crippen molar-refractivity contribution < 1.29 is 14.1 Å². The van der Waals surface area contributed by atoms with E-state index >= 15 is 0 Å². The highest BCUT2D eigenvalue weighted by atomic mass is 35.5. The molecule has 2 aliphatic rings. The van der Waals surface area contributed by atoms with E-state index < -0.39 is 22.3 Å². The molecule has 0 aliphatic carbocycles. The summed E-state index contributed by atoms with van der Waals surface area (Å²) in [6, 6.07) is 1.68. The van der Waals surface area contributed by atoms with Crippen LogP contribution in [0.5, 0.6) is 0 Å². The molecule has 0 spiro atoms. The number of nitrogens with one attached hydrogen (secondary N) is 1. The minimum absolute atomic E-state index is 0. The number of nitro benzene ring substituents is 1. The van der Waals surface area contributed by atoms with Crippen molar-refractivity contribution in [2.75, 3.05) is 25.4 Å². The number of carbonyl (C=O) groups is 1. The summed E-state index contributed by atoms with van der Waals surface area (Å²) in [6.07, 6.45) is 1.38. The van der Waals surface area contributed by atoms with Crippen molar-refractivity contribution in [3.05, 3.63) is 45.3 Å². The van der Waals surface area contributed by atoms with Crippen LogP contribution in [0.3, 0.4) is 0 Å². The van der Waals surface area contributed by atoms with Crippen LogP contribution >= 0.6 is 12.4 Å². The third-order valence-corrected chi connectivity index (χ3v) is 5.35. The predicted molar refractivity (Wildman–Crippen MR) is 104 cm³/mol. The minimum atomic E-state index is -0.858. The fraction of sp³-hybridized carbons (Fsp3) is 0.471. The van der Waals surface area contributed by atoms with Crippen LogP contribution < -0.4 is 11.1 Å². The van der Waals surface area contributed by atoms with Crippen molar-refractivity contribution in [2.24, 2.45) is 0 Å². The van der Waals surface area contributed by atoms with Gasteiger partial charge in [-0.15, -0.1) is 22.6 Å². The van der Waals surface area contributed by atoms with Crippen LogP contribution in [0.25, 0.3) is 0 Å². The number of likely N-dealkylation sites (tertiary alicyclic amines) is 1. The van der Waals surface area contributed by atoms with Gasteiger partial charge >= 0.3 is 0 Å². The second kappa shape index (κ2) is 8.29. The van der Waals surface area contributed by atoms with Crippen molar-refractivity contribution in [1.29, 1.82) is 0 Å². The summed E-state index contributed by atoms with van der Waals surface area (Å²) in [5.74, 6) is 0.681. The van der Waals surface area contributed by atoms with Crippen LogP contribution in [0.4, 0.5) is 15.8 Å². The lowest BCUT2D eigenvalue weighted by Gasteiger charge is -2.32. The lowest BCUT2D eigenvalue weighted by Crippen LogP contribution is -2.39.